The molecule has 0 spiro atoms. The summed E-state index contributed by atoms with van der Waals surface area (Å²) >= 11 is 1.91. The van der Waals surface area contributed by atoms with Crippen molar-refractivity contribution in [1.29, 1.82) is 0 Å². The zero-order valence-corrected chi connectivity index (χ0v) is 10.6. The Morgan fingerprint density at radius 1 is 1.40 bits per heavy atom. The van der Waals surface area contributed by atoms with Crippen LogP contribution in [0.3, 0.4) is 0 Å². The van der Waals surface area contributed by atoms with Crippen molar-refractivity contribution in [2.24, 2.45) is 0 Å². The lowest BCUT2D eigenvalue weighted by atomic mass is 9.80. The summed E-state index contributed by atoms with van der Waals surface area (Å²) < 4.78 is 0. The van der Waals surface area contributed by atoms with Crippen LogP contribution >= 0.6 is 11.3 Å². The molecule has 1 aliphatic rings. The van der Waals surface area contributed by atoms with Gasteiger partial charge in [0.25, 0.3) is 0 Å². The lowest BCUT2D eigenvalue weighted by molar-refractivity contribution is 0.374. The summed E-state index contributed by atoms with van der Waals surface area (Å²) in [6, 6.07) is 5.30. The lowest BCUT2D eigenvalue weighted by Crippen LogP contribution is -2.37. The smallest absolute Gasteiger partial charge is 0.0166 e. The molecule has 1 aliphatic carbocycles. The maximum atomic E-state index is 3.69. The number of thiophene rings is 1. The molecule has 15 heavy (non-hydrogen) atoms. The normalized spacial score (nSPS) is 16.9. The summed E-state index contributed by atoms with van der Waals surface area (Å²) in [5.74, 6) is 0. The summed E-state index contributed by atoms with van der Waals surface area (Å²) in [5.41, 5.74) is 0.386. The van der Waals surface area contributed by atoms with Crippen LogP contribution in [0.25, 0.3) is 0 Å². The van der Waals surface area contributed by atoms with E-state index in [1.165, 1.54) is 25.7 Å². The second-order valence-corrected chi connectivity index (χ2v) is 5.57. The van der Waals surface area contributed by atoms with Crippen LogP contribution in [0, 0.1) is 0 Å². The van der Waals surface area contributed by atoms with Gasteiger partial charge in [0.1, 0.15) is 0 Å². The Kier molecular flexibility index (Phi) is 3.47. The molecule has 0 bridgehead atoms. The largest absolute Gasteiger partial charge is 0.313 e. The van der Waals surface area contributed by atoms with Crippen molar-refractivity contribution in [2.75, 3.05) is 6.54 Å². The Hall–Kier alpha value is -0.340. The zero-order chi connectivity index (χ0) is 10.7. The third kappa shape index (κ3) is 2.43. The summed E-state index contributed by atoms with van der Waals surface area (Å²) in [5, 5.41) is 5.90. The predicted molar refractivity (Wildman–Crippen MR) is 67.6 cm³/mol. The first-order chi connectivity index (χ1) is 7.30. The van der Waals surface area contributed by atoms with Gasteiger partial charge in [-0.3, -0.25) is 0 Å². The van der Waals surface area contributed by atoms with Gasteiger partial charge in [0.05, 0.1) is 0 Å². The quantitative estimate of drug-likeness (QED) is 0.777. The van der Waals surface area contributed by atoms with Crippen LogP contribution in [-0.2, 0) is 5.41 Å². The summed E-state index contributed by atoms with van der Waals surface area (Å²) in [6.45, 7) is 5.79. The van der Waals surface area contributed by atoms with Gasteiger partial charge in [-0.25, -0.2) is 0 Å². The third-order valence-electron chi connectivity index (χ3n) is 3.70. The lowest BCUT2D eigenvalue weighted by Gasteiger charge is -2.31. The van der Waals surface area contributed by atoms with E-state index in [1.807, 2.05) is 11.3 Å². The molecule has 0 unspecified atom stereocenters. The fraction of sp³-hybridized carbons (Fsp3) is 0.692. The van der Waals surface area contributed by atoms with Crippen LogP contribution in [0.2, 0.25) is 0 Å². The van der Waals surface area contributed by atoms with Crippen molar-refractivity contribution >= 4 is 11.3 Å². The Labute approximate surface area is 96.9 Å². The van der Waals surface area contributed by atoms with E-state index in [-0.39, 0.29) is 0 Å². The van der Waals surface area contributed by atoms with E-state index in [4.69, 9.17) is 0 Å². The van der Waals surface area contributed by atoms with Crippen LogP contribution in [0.4, 0.5) is 0 Å². The molecule has 2 heteroatoms. The highest BCUT2D eigenvalue weighted by molar-refractivity contribution is 7.10. The molecule has 0 amide bonds. The minimum atomic E-state index is 0.386. The Morgan fingerprint density at radius 3 is 2.60 bits per heavy atom. The third-order valence-corrected chi connectivity index (χ3v) is 4.82. The van der Waals surface area contributed by atoms with E-state index in [9.17, 15) is 0 Å². The van der Waals surface area contributed by atoms with Crippen molar-refractivity contribution in [2.45, 2.75) is 51.0 Å². The average molecular weight is 223 g/mol. The van der Waals surface area contributed by atoms with Crippen molar-refractivity contribution in [3.8, 4) is 0 Å². The van der Waals surface area contributed by atoms with Gasteiger partial charge in [-0.1, -0.05) is 19.9 Å². The van der Waals surface area contributed by atoms with E-state index in [1.54, 1.807) is 4.88 Å². The molecule has 0 aliphatic heterocycles. The molecular formula is C13H21NS. The molecule has 1 aromatic rings. The molecule has 1 N–H and O–H groups in total. The predicted octanol–water partition coefficient (Wildman–Crippen LogP) is 3.56. The van der Waals surface area contributed by atoms with E-state index in [0.717, 1.165) is 12.6 Å². The van der Waals surface area contributed by atoms with Gasteiger partial charge in [-0.2, -0.15) is 0 Å². The maximum Gasteiger partial charge on any atom is 0.0166 e. The van der Waals surface area contributed by atoms with Crippen LogP contribution < -0.4 is 5.32 Å². The SMILES string of the molecule is CCC(CC)(CNC1CC1)c1cccs1. The number of nitrogens with one attached hydrogen (secondary N) is 1. The van der Waals surface area contributed by atoms with Crippen molar-refractivity contribution < 1.29 is 0 Å². The van der Waals surface area contributed by atoms with Crippen LogP contribution in [-0.4, -0.2) is 12.6 Å². The van der Waals surface area contributed by atoms with Gasteiger partial charge < -0.3 is 5.32 Å². The van der Waals surface area contributed by atoms with Crippen molar-refractivity contribution in [3.63, 3.8) is 0 Å². The monoisotopic (exact) mass is 223 g/mol. The topological polar surface area (TPSA) is 12.0 Å². The summed E-state index contributed by atoms with van der Waals surface area (Å²) in [6.07, 6.45) is 5.25. The van der Waals surface area contributed by atoms with Gasteiger partial charge in [-0.05, 0) is 37.1 Å². The highest BCUT2D eigenvalue weighted by Gasteiger charge is 2.31. The Balaban J connectivity index is 2.07. The highest BCUT2D eigenvalue weighted by atomic mass is 32.1. The minimum absolute atomic E-state index is 0.386. The zero-order valence-electron chi connectivity index (χ0n) is 9.75. The Bertz CT molecular complexity index is 283. The molecule has 1 saturated carbocycles. The molecule has 84 valence electrons. The minimum Gasteiger partial charge on any atom is -0.313 e. The molecule has 0 atom stereocenters. The van der Waals surface area contributed by atoms with E-state index >= 15 is 0 Å². The molecule has 0 aromatic carbocycles. The van der Waals surface area contributed by atoms with Crippen LogP contribution in [0.1, 0.15) is 44.4 Å². The van der Waals surface area contributed by atoms with Crippen molar-refractivity contribution in [3.05, 3.63) is 22.4 Å². The first kappa shape index (κ1) is 11.2. The highest BCUT2D eigenvalue weighted by Crippen LogP contribution is 2.35. The van der Waals surface area contributed by atoms with Gasteiger partial charge in [0.15, 0.2) is 0 Å². The summed E-state index contributed by atoms with van der Waals surface area (Å²) in [7, 11) is 0. The fourth-order valence-electron chi connectivity index (χ4n) is 2.14. The van der Waals surface area contributed by atoms with E-state index < -0.39 is 0 Å². The summed E-state index contributed by atoms with van der Waals surface area (Å²) in [4.78, 5) is 1.56. The second kappa shape index (κ2) is 4.67. The average Bonchev–Trinajstić information content (AvgIpc) is 2.94. The van der Waals surface area contributed by atoms with Gasteiger partial charge in [-0.15, -0.1) is 11.3 Å². The maximum absolute atomic E-state index is 3.69. The molecule has 0 radical (unpaired) electrons. The number of hydrogen-bond acceptors (Lipinski definition) is 2. The molecule has 1 nitrogen and oxygen atoms in total. The van der Waals surface area contributed by atoms with E-state index in [2.05, 4.69) is 36.7 Å². The number of rotatable bonds is 6. The van der Waals surface area contributed by atoms with Gasteiger partial charge in [0, 0.05) is 22.9 Å². The molecular weight excluding hydrogens is 202 g/mol. The fourth-order valence-corrected chi connectivity index (χ4v) is 3.21. The van der Waals surface area contributed by atoms with Crippen molar-refractivity contribution in [1.82, 2.24) is 5.32 Å². The van der Waals surface area contributed by atoms with Gasteiger partial charge >= 0.3 is 0 Å². The molecule has 1 aromatic heterocycles. The van der Waals surface area contributed by atoms with E-state index in [0.29, 0.717) is 5.41 Å². The molecule has 1 heterocycles. The molecule has 1 fully saturated rings. The van der Waals surface area contributed by atoms with Crippen LogP contribution in [0.15, 0.2) is 17.5 Å². The molecule has 0 saturated heterocycles. The molecule has 2 rings (SSSR count). The second-order valence-electron chi connectivity index (χ2n) is 4.62. The number of hydrogen-bond donors (Lipinski definition) is 1. The first-order valence-electron chi connectivity index (χ1n) is 6.08. The van der Waals surface area contributed by atoms with Gasteiger partial charge in [0.2, 0.25) is 0 Å². The Morgan fingerprint density at radius 2 is 2.13 bits per heavy atom. The standard InChI is InChI=1S/C13H21NS/c1-3-13(4-2,10-14-11-7-8-11)12-6-5-9-15-12/h5-6,9,11,14H,3-4,7-8,10H2,1-2H3. The van der Waals surface area contributed by atoms with Crippen LogP contribution in [0.5, 0.6) is 0 Å². The first-order valence-corrected chi connectivity index (χ1v) is 6.96.